The predicted molar refractivity (Wildman–Crippen MR) is 243 cm³/mol. The van der Waals surface area contributed by atoms with Crippen LogP contribution in [0.4, 0.5) is 0 Å². The number of carbonyl (C=O) groups is 12. The number of nitrogens with one attached hydrogen (secondary N) is 7. The first-order valence-electron chi connectivity index (χ1n) is 23.3. The SMILES string of the molecule is CC(=O)CNC(=O)[C@H](CO)NC(=O)[C@H](CCC(=O)O)NC(=O)CNC(=O)[C@H](CO)NC(=O)CC[C@H](NC(=O)CC[C@H](NC(=O)CCCCCCCCCCCCCCCCC(=O)O)C(=O)O)C(=O)O. The van der Waals surface area contributed by atoms with Crippen molar-refractivity contribution in [1.82, 2.24) is 37.2 Å². The number of hydrogen-bond donors (Lipinski definition) is 13. The second-order valence-corrected chi connectivity index (χ2v) is 16.6. The lowest BCUT2D eigenvalue weighted by atomic mass is 10.0. The van der Waals surface area contributed by atoms with Crippen molar-refractivity contribution in [3.63, 3.8) is 0 Å². The molecule has 0 unspecified atom stereocenters. The fourth-order valence-electron chi connectivity index (χ4n) is 6.62. The lowest BCUT2D eigenvalue weighted by Gasteiger charge is -2.22. The van der Waals surface area contributed by atoms with Gasteiger partial charge >= 0.3 is 23.9 Å². The fourth-order valence-corrected chi connectivity index (χ4v) is 6.62. The van der Waals surface area contributed by atoms with Gasteiger partial charge in [0.15, 0.2) is 0 Å². The molecule has 25 nitrogen and oxygen atoms in total. The number of rotatable bonds is 42. The number of aliphatic hydroxyl groups excluding tert-OH is 2. The summed E-state index contributed by atoms with van der Waals surface area (Å²) in [5.74, 6) is -12.0. The molecule has 7 amide bonds. The fraction of sp³-hybridized carbons (Fsp3) is 0.727. The largest absolute Gasteiger partial charge is 0.481 e. The average Bonchev–Trinajstić information content (AvgIpc) is 3.28. The number of carboxylic acids is 4. The number of hydrogen-bond acceptors (Lipinski definition) is 14. The average molecular weight is 988 g/mol. The Morgan fingerprint density at radius 3 is 1.07 bits per heavy atom. The summed E-state index contributed by atoms with van der Waals surface area (Å²) in [6.45, 7) is -2.02. The number of ketones is 1. The van der Waals surface area contributed by atoms with Crippen LogP contribution in [-0.2, 0) is 57.5 Å². The molecule has 0 fully saturated rings. The Hall–Kier alpha value is -6.24. The van der Waals surface area contributed by atoms with Crippen LogP contribution in [0.1, 0.15) is 148 Å². The van der Waals surface area contributed by atoms with Crippen molar-refractivity contribution in [3.8, 4) is 0 Å². The molecule has 392 valence electrons. The second kappa shape index (κ2) is 37.7. The highest BCUT2D eigenvalue weighted by atomic mass is 16.4. The van der Waals surface area contributed by atoms with Gasteiger partial charge in [0.25, 0.3) is 0 Å². The molecule has 0 aromatic carbocycles. The van der Waals surface area contributed by atoms with Crippen LogP contribution in [0.2, 0.25) is 0 Å². The molecule has 0 spiro atoms. The number of amides is 7. The molecular formula is C44H73N7O18. The molecule has 0 saturated heterocycles. The summed E-state index contributed by atoms with van der Waals surface area (Å²) in [4.78, 5) is 144. The van der Waals surface area contributed by atoms with Crippen molar-refractivity contribution in [2.45, 2.75) is 178 Å². The highest BCUT2D eigenvalue weighted by Gasteiger charge is 2.29. The van der Waals surface area contributed by atoms with E-state index in [1.165, 1.54) is 13.3 Å². The van der Waals surface area contributed by atoms with Gasteiger partial charge in [0.1, 0.15) is 36.0 Å². The Labute approximate surface area is 400 Å². The quantitative estimate of drug-likeness (QED) is 0.0331. The molecular weight excluding hydrogens is 915 g/mol. The molecule has 0 aliphatic rings. The summed E-state index contributed by atoms with van der Waals surface area (Å²) < 4.78 is 0. The van der Waals surface area contributed by atoms with Crippen LogP contribution >= 0.6 is 0 Å². The van der Waals surface area contributed by atoms with Crippen molar-refractivity contribution in [1.29, 1.82) is 0 Å². The highest BCUT2D eigenvalue weighted by molar-refractivity contribution is 5.95. The van der Waals surface area contributed by atoms with Gasteiger partial charge in [0.2, 0.25) is 41.4 Å². The Morgan fingerprint density at radius 2 is 0.681 bits per heavy atom. The molecule has 0 aliphatic heterocycles. The first-order valence-corrected chi connectivity index (χ1v) is 23.3. The van der Waals surface area contributed by atoms with Gasteiger partial charge in [-0.25, -0.2) is 9.59 Å². The maximum Gasteiger partial charge on any atom is 0.326 e. The standard InChI is InChI=1S/C44H73N7O18/c1-28(54)24-45-41(64)33(27-53)51-42(65)29(20-23-39(61)62)47-37(58)25-46-40(63)32(26-52)50-36(57)22-19-31(44(68)69)49-35(56)21-18-30(43(66)67)48-34(55)16-14-12-10-8-6-4-2-3-5-7-9-11-13-15-17-38(59)60/h29-33,52-53H,2-27H2,1H3,(H,45,64)(H,46,63)(H,47,58)(H,48,55)(H,49,56)(H,50,57)(H,51,65)(H,59,60)(H,61,62)(H,66,67)(H,68,69)/t29-,30-,31-,32-,33-/m0/s1. The number of Topliss-reactive ketones (excluding diaryl/α,β-unsaturated/α-hetero) is 1. The minimum atomic E-state index is -1.67. The van der Waals surface area contributed by atoms with Gasteiger partial charge in [-0.3, -0.25) is 47.9 Å². The number of aliphatic hydroxyl groups is 2. The maximum absolute atomic E-state index is 12.8. The van der Waals surface area contributed by atoms with Crippen LogP contribution in [0.15, 0.2) is 0 Å². The summed E-state index contributed by atoms with van der Waals surface area (Å²) in [7, 11) is 0. The summed E-state index contributed by atoms with van der Waals surface area (Å²) in [5.41, 5.74) is 0. The molecule has 0 heterocycles. The van der Waals surface area contributed by atoms with E-state index in [1.807, 2.05) is 0 Å². The van der Waals surface area contributed by atoms with Crippen LogP contribution in [-0.4, -0.2) is 158 Å². The van der Waals surface area contributed by atoms with Gasteiger partial charge in [0.05, 0.1) is 26.3 Å². The van der Waals surface area contributed by atoms with Crippen LogP contribution in [0.5, 0.6) is 0 Å². The third kappa shape index (κ3) is 33.0. The molecule has 13 N–H and O–H groups in total. The monoisotopic (exact) mass is 988 g/mol. The smallest absolute Gasteiger partial charge is 0.326 e. The topological polar surface area (TPSA) is 410 Å². The van der Waals surface area contributed by atoms with E-state index in [4.69, 9.17) is 10.2 Å². The van der Waals surface area contributed by atoms with Gasteiger partial charge in [0, 0.05) is 32.1 Å². The van der Waals surface area contributed by atoms with E-state index in [-0.39, 0.29) is 19.3 Å². The Bertz CT molecular complexity index is 1700. The number of carboxylic acid groups (broad SMARTS) is 4. The minimum absolute atomic E-state index is 0.0859. The van der Waals surface area contributed by atoms with Crippen LogP contribution in [0.25, 0.3) is 0 Å². The van der Waals surface area contributed by atoms with E-state index < -0.39 is 160 Å². The number of unbranched alkanes of at least 4 members (excludes halogenated alkanes) is 13. The van der Waals surface area contributed by atoms with Crippen molar-refractivity contribution in [3.05, 3.63) is 0 Å². The maximum atomic E-state index is 12.8. The minimum Gasteiger partial charge on any atom is -0.481 e. The van der Waals surface area contributed by atoms with E-state index >= 15 is 0 Å². The molecule has 69 heavy (non-hydrogen) atoms. The zero-order chi connectivity index (χ0) is 52.1. The van der Waals surface area contributed by atoms with Crippen LogP contribution < -0.4 is 37.2 Å². The second-order valence-electron chi connectivity index (χ2n) is 16.6. The third-order valence-electron chi connectivity index (χ3n) is 10.5. The van der Waals surface area contributed by atoms with Crippen molar-refractivity contribution < 1.29 is 88.2 Å². The Kier molecular flexibility index (Phi) is 34.3. The zero-order valence-corrected chi connectivity index (χ0v) is 39.4. The first kappa shape index (κ1) is 62.8. The predicted octanol–water partition coefficient (Wildman–Crippen LogP) is -0.863. The van der Waals surface area contributed by atoms with E-state index in [0.29, 0.717) is 6.42 Å². The molecule has 0 radical (unpaired) electrons. The summed E-state index contributed by atoms with van der Waals surface area (Å²) in [6, 6.07) is -7.90. The highest BCUT2D eigenvalue weighted by Crippen LogP contribution is 2.14. The van der Waals surface area contributed by atoms with Gasteiger partial charge in [-0.2, -0.15) is 0 Å². The van der Waals surface area contributed by atoms with Gasteiger partial charge in [-0.05, 0) is 39.0 Å². The lowest BCUT2D eigenvalue weighted by Crippen LogP contribution is -2.56. The van der Waals surface area contributed by atoms with Crippen molar-refractivity contribution in [2.75, 3.05) is 26.3 Å². The molecule has 0 aromatic heterocycles. The first-order chi connectivity index (χ1) is 32.7. The molecule has 5 atom stereocenters. The summed E-state index contributed by atoms with van der Waals surface area (Å²) in [5, 5.41) is 71.4. The zero-order valence-electron chi connectivity index (χ0n) is 39.4. The molecule has 0 aromatic rings. The summed E-state index contributed by atoms with van der Waals surface area (Å²) in [6.07, 6.45) is 11.2. The van der Waals surface area contributed by atoms with E-state index in [9.17, 15) is 78.0 Å². The van der Waals surface area contributed by atoms with Gasteiger partial charge in [-0.1, -0.05) is 77.0 Å². The van der Waals surface area contributed by atoms with Gasteiger partial charge < -0.3 is 67.9 Å². The molecule has 25 heteroatoms. The molecule has 0 bridgehead atoms. The normalized spacial score (nSPS) is 13.0. The van der Waals surface area contributed by atoms with E-state index in [0.717, 1.165) is 77.0 Å². The molecule has 0 rings (SSSR count). The van der Waals surface area contributed by atoms with E-state index in [1.54, 1.807) is 0 Å². The van der Waals surface area contributed by atoms with Crippen LogP contribution in [0, 0.1) is 0 Å². The van der Waals surface area contributed by atoms with Crippen LogP contribution in [0.3, 0.4) is 0 Å². The Balaban J connectivity index is 4.76. The van der Waals surface area contributed by atoms with Gasteiger partial charge in [-0.15, -0.1) is 0 Å². The van der Waals surface area contributed by atoms with E-state index in [2.05, 4.69) is 37.2 Å². The van der Waals surface area contributed by atoms with Crippen molar-refractivity contribution >= 4 is 71.0 Å². The third-order valence-corrected chi connectivity index (χ3v) is 10.5. The van der Waals surface area contributed by atoms with Crippen molar-refractivity contribution in [2.24, 2.45) is 0 Å². The lowest BCUT2D eigenvalue weighted by molar-refractivity contribution is -0.143. The number of aliphatic carboxylic acids is 4. The number of carbonyl (C=O) groups excluding carboxylic acids is 8. The Morgan fingerprint density at radius 1 is 0.348 bits per heavy atom. The molecule has 0 saturated carbocycles. The molecule has 0 aliphatic carbocycles. The summed E-state index contributed by atoms with van der Waals surface area (Å²) >= 11 is 0.